The number of phenolic OH excluding ortho intramolecular Hbond substituents is 2. The quantitative estimate of drug-likeness (QED) is 0.431. The van der Waals surface area contributed by atoms with Crippen LogP contribution in [0.5, 0.6) is 11.5 Å². The van der Waals surface area contributed by atoms with E-state index in [1.807, 2.05) is 60.7 Å². The standard InChI is InChI=1S/C26H16O2/c27-25-12-6-4-10-22(25)14-13-19-7-1-2-8-20(19)15-17-24-23-11-5-3-9-21(23)16-18-26(24)28/h1-12,16,18,27-28H. The molecule has 0 aromatic heterocycles. The molecule has 0 saturated heterocycles. The number of rotatable bonds is 0. The molecular weight excluding hydrogens is 344 g/mol. The molecule has 2 nitrogen and oxygen atoms in total. The Balaban J connectivity index is 1.77. The van der Waals surface area contributed by atoms with Crippen molar-refractivity contribution in [2.24, 2.45) is 0 Å². The summed E-state index contributed by atoms with van der Waals surface area (Å²) in [6.45, 7) is 0. The molecule has 0 radical (unpaired) electrons. The first-order valence-corrected chi connectivity index (χ1v) is 8.84. The fourth-order valence-electron chi connectivity index (χ4n) is 2.94. The van der Waals surface area contributed by atoms with Crippen LogP contribution in [0.2, 0.25) is 0 Å². The Labute approximate surface area is 163 Å². The second kappa shape index (κ2) is 7.62. The van der Waals surface area contributed by atoms with E-state index in [1.165, 1.54) is 0 Å². The number of fused-ring (bicyclic) bond motifs is 1. The molecule has 2 heteroatoms. The van der Waals surface area contributed by atoms with Gasteiger partial charge in [-0.05, 0) is 35.7 Å². The van der Waals surface area contributed by atoms with Crippen LogP contribution in [0.4, 0.5) is 0 Å². The second-order valence-corrected chi connectivity index (χ2v) is 6.24. The van der Waals surface area contributed by atoms with Crippen LogP contribution in [0.25, 0.3) is 10.8 Å². The van der Waals surface area contributed by atoms with E-state index in [0.717, 1.165) is 21.9 Å². The van der Waals surface area contributed by atoms with Crippen molar-refractivity contribution in [3.05, 3.63) is 107 Å². The molecule has 4 rings (SSSR count). The Morgan fingerprint density at radius 3 is 1.79 bits per heavy atom. The summed E-state index contributed by atoms with van der Waals surface area (Å²) in [5.41, 5.74) is 2.69. The van der Waals surface area contributed by atoms with Gasteiger partial charge in [-0.2, -0.15) is 0 Å². The molecule has 132 valence electrons. The number of hydrogen-bond acceptors (Lipinski definition) is 2. The van der Waals surface area contributed by atoms with Gasteiger partial charge in [-0.25, -0.2) is 0 Å². The molecule has 0 aliphatic rings. The highest BCUT2D eigenvalue weighted by Gasteiger charge is 2.04. The van der Waals surface area contributed by atoms with Crippen molar-refractivity contribution in [3.63, 3.8) is 0 Å². The molecule has 0 aliphatic carbocycles. The zero-order chi connectivity index (χ0) is 19.3. The molecule has 0 bridgehead atoms. The molecule has 0 saturated carbocycles. The van der Waals surface area contributed by atoms with Gasteiger partial charge in [0.2, 0.25) is 0 Å². The van der Waals surface area contributed by atoms with E-state index in [0.29, 0.717) is 11.1 Å². The largest absolute Gasteiger partial charge is 0.507 e. The zero-order valence-electron chi connectivity index (χ0n) is 15.0. The molecule has 0 unspecified atom stereocenters. The first-order chi connectivity index (χ1) is 13.7. The third-order valence-electron chi connectivity index (χ3n) is 4.39. The number of benzene rings is 4. The first kappa shape index (κ1) is 17.3. The molecule has 0 aliphatic heterocycles. The van der Waals surface area contributed by atoms with Crippen molar-refractivity contribution >= 4 is 10.8 Å². The first-order valence-electron chi connectivity index (χ1n) is 8.84. The number of phenols is 2. The maximum atomic E-state index is 10.3. The molecule has 2 N–H and O–H groups in total. The molecule has 4 aromatic rings. The van der Waals surface area contributed by atoms with E-state index in [4.69, 9.17) is 0 Å². The maximum Gasteiger partial charge on any atom is 0.131 e. The molecular formula is C26H16O2. The smallest absolute Gasteiger partial charge is 0.131 e. The summed E-state index contributed by atoms with van der Waals surface area (Å²) < 4.78 is 0. The summed E-state index contributed by atoms with van der Waals surface area (Å²) >= 11 is 0. The summed E-state index contributed by atoms with van der Waals surface area (Å²) in [4.78, 5) is 0. The lowest BCUT2D eigenvalue weighted by atomic mass is 10.0. The van der Waals surface area contributed by atoms with Crippen molar-refractivity contribution < 1.29 is 10.2 Å². The third-order valence-corrected chi connectivity index (χ3v) is 4.39. The Bertz CT molecular complexity index is 1290. The minimum Gasteiger partial charge on any atom is -0.507 e. The van der Waals surface area contributed by atoms with Gasteiger partial charge in [0.1, 0.15) is 11.5 Å². The SMILES string of the molecule is Oc1ccccc1C#Cc1ccccc1C#Cc1c(O)ccc2ccccc12. The van der Waals surface area contributed by atoms with Crippen molar-refractivity contribution in [2.75, 3.05) is 0 Å². The number of para-hydroxylation sites is 1. The Hall–Kier alpha value is -4.14. The van der Waals surface area contributed by atoms with Crippen LogP contribution in [0.1, 0.15) is 22.3 Å². The van der Waals surface area contributed by atoms with Crippen molar-refractivity contribution in [3.8, 4) is 35.2 Å². The van der Waals surface area contributed by atoms with Crippen molar-refractivity contribution in [1.29, 1.82) is 0 Å². The maximum absolute atomic E-state index is 10.3. The Morgan fingerprint density at radius 1 is 0.464 bits per heavy atom. The normalized spacial score (nSPS) is 9.86. The summed E-state index contributed by atoms with van der Waals surface area (Å²) in [5.74, 6) is 12.6. The van der Waals surface area contributed by atoms with Crippen molar-refractivity contribution in [1.82, 2.24) is 0 Å². The van der Waals surface area contributed by atoms with E-state index in [9.17, 15) is 10.2 Å². The topological polar surface area (TPSA) is 40.5 Å². The van der Waals surface area contributed by atoms with Gasteiger partial charge in [-0.1, -0.05) is 78.3 Å². The van der Waals surface area contributed by atoms with Gasteiger partial charge in [0, 0.05) is 16.5 Å². The van der Waals surface area contributed by atoms with Gasteiger partial charge >= 0.3 is 0 Å². The molecule has 0 atom stereocenters. The van der Waals surface area contributed by atoms with Gasteiger partial charge in [0.05, 0.1) is 11.1 Å². The van der Waals surface area contributed by atoms with Crippen LogP contribution >= 0.6 is 0 Å². The lowest BCUT2D eigenvalue weighted by Gasteiger charge is -2.03. The van der Waals surface area contributed by atoms with Gasteiger partial charge in [-0.3, -0.25) is 0 Å². The third kappa shape index (κ3) is 3.54. The van der Waals surface area contributed by atoms with E-state index < -0.39 is 0 Å². The van der Waals surface area contributed by atoms with Crippen molar-refractivity contribution in [2.45, 2.75) is 0 Å². The summed E-state index contributed by atoms with van der Waals surface area (Å²) in [6.07, 6.45) is 0. The zero-order valence-corrected chi connectivity index (χ0v) is 15.0. The van der Waals surface area contributed by atoms with Crippen LogP contribution in [0.3, 0.4) is 0 Å². The molecule has 0 heterocycles. The van der Waals surface area contributed by atoms with Gasteiger partial charge in [0.15, 0.2) is 0 Å². The van der Waals surface area contributed by atoms with Crippen LogP contribution < -0.4 is 0 Å². The summed E-state index contributed by atoms with van der Waals surface area (Å²) in [6, 6.07) is 25.9. The van der Waals surface area contributed by atoms with E-state index in [-0.39, 0.29) is 11.5 Å². The second-order valence-electron chi connectivity index (χ2n) is 6.24. The predicted molar refractivity (Wildman–Crippen MR) is 112 cm³/mol. The molecule has 28 heavy (non-hydrogen) atoms. The summed E-state index contributed by atoms with van der Waals surface area (Å²) in [7, 11) is 0. The van der Waals surface area contributed by atoms with Crippen LogP contribution in [0, 0.1) is 23.7 Å². The summed E-state index contributed by atoms with van der Waals surface area (Å²) in [5, 5.41) is 22.1. The van der Waals surface area contributed by atoms with Gasteiger partial charge in [0.25, 0.3) is 0 Å². The molecule has 4 aromatic carbocycles. The highest BCUT2D eigenvalue weighted by Crippen LogP contribution is 2.26. The van der Waals surface area contributed by atoms with E-state index >= 15 is 0 Å². The average Bonchev–Trinajstić information content (AvgIpc) is 2.73. The highest BCUT2D eigenvalue weighted by molar-refractivity contribution is 5.90. The monoisotopic (exact) mass is 360 g/mol. The lowest BCUT2D eigenvalue weighted by molar-refractivity contribution is 0.473. The van der Waals surface area contributed by atoms with E-state index in [2.05, 4.69) is 23.7 Å². The van der Waals surface area contributed by atoms with Crippen LogP contribution in [-0.2, 0) is 0 Å². The number of aromatic hydroxyl groups is 2. The van der Waals surface area contributed by atoms with Gasteiger partial charge < -0.3 is 10.2 Å². The van der Waals surface area contributed by atoms with Crippen LogP contribution in [0.15, 0.2) is 84.9 Å². The minimum atomic E-state index is 0.152. The molecule has 0 fully saturated rings. The Kier molecular flexibility index (Phi) is 4.70. The molecule has 0 amide bonds. The predicted octanol–water partition coefficient (Wildman–Crippen LogP) is 5.05. The van der Waals surface area contributed by atoms with Gasteiger partial charge in [-0.15, -0.1) is 0 Å². The average molecular weight is 360 g/mol. The van der Waals surface area contributed by atoms with E-state index in [1.54, 1.807) is 24.3 Å². The Morgan fingerprint density at radius 2 is 1.04 bits per heavy atom. The minimum absolute atomic E-state index is 0.152. The lowest BCUT2D eigenvalue weighted by Crippen LogP contribution is -1.85. The fourth-order valence-corrected chi connectivity index (χ4v) is 2.94. The fraction of sp³-hybridized carbons (Fsp3) is 0. The number of hydrogen-bond donors (Lipinski definition) is 2. The van der Waals surface area contributed by atoms with Crippen LogP contribution in [-0.4, -0.2) is 10.2 Å². The molecule has 0 spiro atoms. The highest BCUT2D eigenvalue weighted by atomic mass is 16.3.